The van der Waals surface area contributed by atoms with Crippen molar-refractivity contribution >= 4 is 11.8 Å². The molecule has 2 heteroatoms. The lowest BCUT2D eigenvalue weighted by Crippen LogP contribution is -1.74. The van der Waals surface area contributed by atoms with E-state index < -0.39 is 0 Å². The monoisotopic (exact) mass is 155 g/mol. The van der Waals surface area contributed by atoms with E-state index >= 15 is 0 Å². The van der Waals surface area contributed by atoms with Gasteiger partial charge in [-0.3, -0.25) is 0 Å². The van der Waals surface area contributed by atoms with Crippen molar-refractivity contribution in [2.45, 2.75) is 4.90 Å². The van der Waals surface area contributed by atoms with Crippen molar-refractivity contribution in [2.24, 2.45) is 0 Å². The molecule has 1 radical (unpaired) electrons. The van der Waals surface area contributed by atoms with E-state index in [2.05, 4.69) is 6.92 Å². The van der Waals surface area contributed by atoms with Crippen molar-refractivity contribution in [3.8, 4) is 0 Å². The van der Waals surface area contributed by atoms with Crippen LogP contribution in [0.15, 0.2) is 29.2 Å². The first kappa shape index (κ1) is 7.61. The maximum Gasteiger partial charge on any atom is 0.123 e. The average Bonchev–Trinajstić information content (AvgIpc) is 1.95. The predicted octanol–water partition coefficient (Wildman–Crippen LogP) is 2.75. The molecule has 0 saturated heterocycles. The van der Waals surface area contributed by atoms with Crippen LogP contribution in [0.2, 0.25) is 0 Å². The molecule has 0 fully saturated rings. The third-order valence-corrected chi connectivity index (χ3v) is 1.89. The first-order valence-corrected chi connectivity index (χ1v) is 3.99. The van der Waals surface area contributed by atoms with Crippen molar-refractivity contribution in [1.82, 2.24) is 0 Å². The number of rotatable bonds is 2. The Morgan fingerprint density at radius 1 is 1.30 bits per heavy atom. The minimum absolute atomic E-state index is 0.187. The van der Waals surface area contributed by atoms with E-state index in [-0.39, 0.29) is 5.82 Å². The molecule has 0 saturated carbocycles. The smallest absolute Gasteiger partial charge is 0.123 e. The van der Waals surface area contributed by atoms with Gasteiger partial charge in [-0.2, -0.15) is 0 Å². The molecule has 0 unspecified atom stereocenters. The zero-order valence-corrected chi connectivity index (χ0v) is 6.33. The molecule has 0 aliphatic carbocycles. The van der Waals surface area contributed by atoms with E-state index in [0.29, 0.717) is 0 Å². The molecule has 10 heavy (non-hydrogen) atoms. The van der Waals surface area contributed by atoms with E-state index in [0.717, 1.165) is 10.6 Å². The fourth-order valence-corrected chi connectivity index (χ4v) is 1.21. The number of halogens is 1. The normalized spacial score (nSPS) is 9.80. The lowest BCUT2D eigenvalue weighted by molar-refractivity contribution is 0.626. The van der Waals surface area contributed by atoms with Crippen LogP contribution >= 0.6 is 11.8 Å². The molecule has 53 valence electrons. The van der Waals surface area contributed by atoms with Crippen molar-refractivity contribution < 1.29 is 4.39 Å². The topological polar surface area (TPSA) is 0 Å². The molecule has 0 N–H and O–H groups in total. The Hall–Kier alpha value is -0.500. The van der Waals surface area contributed by atoms with Crippen LogP contribution in [0, 0.1) is 12.7 Å². The van der Waals surface area contributed by atoms with Gasteiger partial charge in [0.2, 0.25) is 0 Å². The van der Waals surface area contributed by atoms with Gasteiger partial charge in [-0.15, -0.1) is 11.8 Å². The van der Waals surface area contributed by atoms with Crippen LogP contribution < -0.4 is 0 Å². The Bertz CT molecular complexity index is 193. The van der Waals surface area contributed by atoms with Gasteiger partial charge in [-0.25, -0.2) is 4.39 Å². The van der Waals surface area contributed by atoms with Gasteiger partial charge in [-0.05, 0) is 36.9 Å². The summed E-state index contributed by atoms with van der Waals surface area (Å²) in [6.45, 7) is 3.67. The van der Waals surface area contributed by atoms with Gasteiger partial charge in [0.25, 0.3) is 0 Å². The minimum Gasteiger partial charge on any atom is -0.207 e. The van der Waals surface area contributed by atoms with E-state index in [9.17, 15) is 4.39 Å². The van der Waals surface area contributed by atoms with E-state index in [1.165, 1.54) is 12.1 Å². The Morgan fingerprint density at radius 3 is 2.40 bits per heavy atom. The van der Waals surface area contributed by atoms with Crippen molar-refractivity contribution in [3.05, 3.63) is 37.0 Å². The van der Waals surface area contributed by atoms with Crippen molar-refractivity contribution in [2.75, 3.05) is 5.75 Å². The zero-order chi connectivity index (χ0) is 7.40. The molecule has 0 bridgehead atoms. The summed E-state index contributed by atoms with van der Waals surface area (Å²) in [6.07, 6.45) is 0. The van der Waals surface area contributed by atoms with Gasteiger partial charge in [0.15, 0.2) is 0 Å². The molecule has 0 aliphatic rings. The second kappa shape index (κ2) is 3.62. The highest BCUT2D eigenvalue weighted by molar-refractivity contribution is 7.99. The fraction of sp³-hybridized carbons (Fsp3) is 0.125. The van der Waals surface area contributed by atoms with Gasteiger partial charge in [0, 0.05) is 4.90 Å². The molecular weight excluding hydrogens is 147 g/mol. The van der Waals surface area contributed by atoms with E-state index in [1.54, 1.807) is 23.9 Å². The fourth-order valence-electron chi connectivity index (χ4n) is 0.649. The average molecular weight is 155 g/mol. The molecule has 0 aliphatic heterocycles. The molecule has 0 aromatic heterocycles. The Kier molecular flexibility index (Phi) is 2.75. The summed E-state index contributed by atoms with van der Waals surface area (Å²) < 4.78 is 12.3. The molecule has 0 spiro atoms. The second-order valence-electron chi connectivity index (χ2n) is 1.80. The lowest BCUT2D eigenvalue weighted by atomic mass is 10.4. The van der Waals surface area contributed by atoms with E-state index in [4.69, 9.17) is 0 Å². The number of benzene rings is 1. The molecule has 0 nitrogen and oxygen atoms in total. The number of hydrogen-bond donors (Lipinski definition) is 0. The van der Waals surface area contributed by atoms with Crippen LogP contribution in [-0.2, 0) is 0 Å². The summed E-state index contributed by atoms with van der Waals surface area (Å²) >= 11 is 1.61. The van der Waals surface area contributed by atoms with Crippen LogP contribution in [-0.4, -0.2) is 5.75 Å². The van der Waals surface area contributed by atoms with Gasteiger partial charge in [0.1, 0.15) is 5.82 Å². The number of thioether (sulfide) groups is 1. The highest BCUT2D eigenvalue weighted by Gasteiger charge is 1.90. The van der Waals surface area contributed by atoms with Gasteiger partial charge < -0.3 is 0 Å². The summed E-state index contributed by atoms with van der Waals surface area (Å²) in [5, 5.41) is 0. The summed E-state index contributed by atoms with van der Waals surface area (Å²) in [5.41, 5.74) is 0. The Balaban J connectivity index is 2.69. The highest BCUT2D eigenvalue weighted by Crippen LogP contribution is 2.16. The van der Waals surface area contributed by atoms with Crippen LogP contribution in [0.4, 0.5) is 4.39 Å². The summed E-state index contributed by atoms with van der Waals surface area (Å²) in [5.74, 6) is 0.597. The van der Waals surface area contributed by atoms with Crippen molar-refractivity contribution in [1.29, 1.82) is 0 Å². The molecule has 0 heterocycles. The van der Waals surface area contributed by atoms with Crippen LogP contribution in [0.5, 0.6) is 0 Å². The van der Waals surface area contributed by atoms with Crippen LogP contribution in [0.3, 0.4) is 0 Å². The predicted molar refractivity (Wildman–Crippen MR) is 42.5 cm³/mol. The molecule has 1 rings (SSSR count). The Labute approximate surface area is 64.4 Å². The second-order valence-corrected chi connectivity index (χ2v) is 2.97. The van der Waals surface area contributed by atoms with Gasteiger partial charge in [-0.1, -0.05) is 0 Å². The Morgan fingerprint density at radius 2 is 1.90 bits per heavy atom. The zero-order valence-electron chi connectivity index (χ0n) is 5.51. The van der Waals surface area contributed by atoms with Gasteiger partial charge in [0.05, 0.1) is 0 Å². The first-order valence-electron chi connectivity index (χ1n) is 3.00. The number of hydrogen-bond acceptors (Lipinski definition) is 1. The molecule has 0 amide bonds. The van der Waals surface area contributed by atoms with Crippen molar-refractivity contribution in [3.63, 3.8) is 0 Å². The SMILES string of the molecule is [CH2]CSc1ccc(F)cc1. The largest absolute Gasteiger partial charge is 0.207 e. The van der Waals surface area contributed by atoms with E-state index in [1.807, 2.05) is 0 Å². The summed E-state index contributed by atoms with van der Waals surface area (Å²) in [7, 11) is 0. The third-order valence-electron chi connectivity index (χ3n) is 1.08. The molecule has 1 aromatic carbocycles. The highest BCUT2D eigenvalue weighted by atomic mass is 32.2. The third kappa shape index (κ3) is 2.03. The first-order chi connectivity index (χ1) is 4.83. The van der Waals surface area contributed by atoms with Crippen LogP contribution in [0.1, 0.15) is 0 Å². The molecule has 1 aromatic rings. The maximum absolute atomic E-state index is 12.3. The minimum atomic E-state index is -0.187. The maximum atomic E-state index is 12.3. The summed E-state index contributed by atoms with van der Waals surface area (Å²) in [4.78, 5) is 1.07. The molecule has 0 atom stereocenters. The molecular formula is C8H8FS. The van der Waals surface area contributed by atoms with Gasteiger partial charge >= 0.3 is 0 Å². The standard InChI is InChI=1S/C8H8FS/c1-2-10-8-5-3-7(9)4-6-8/h3-6H,1-2H2. The quantitative estimate of drug-likeness (QED) is 0.592. The van der Waals surface area contributed by atoms with Crippen LogP contribution in [0.25, 0.3) is 0 Å². The lowest BCUT2D eigenvalue weighted by Gasteiger charge is -1.95. The summed E-state index contributed by atoms with van der Waals surface area (Å²) in [6, 6.07) is 6.42.